The summed E-state index contributed by atoms with van der Waals surface area (Å²) in [5.41, 5.74) is 3.91. The van der Waals surface area contributed by atoms with Gasteiger partial charge < -0.3 is 15.5 Å². The van der Waals surface area contributed by atoms with Gasteiger partial charge in [0.25, 0.3) is 0 Å². The van der Waals surface area contributed by atoms with Gasteiger partial charge in [0.05, 0.1) is 0 Å². The molecule has 124 valence electrons. The lowest BCUT2D eigenvalue weighted by Gasteiger charge is -2.27. The first-order valence-corrected chi connectivity index (χ1v) is 7.95. The van der Waals surface area contributed by atoms with E-state index in [1.54, 1.807) is 24.5 Å². The summed E-state index contributed by atoms with van der Waals surface area (Å²) in [6, 6.07) is 9.34. The van der Waals surface area contributed by atoms with Crippen molar-refractivity contribution in [3.8, 4) is 0 Å². The Morgan fingerprint density at radius 3 is 2.75 bits per heavy atom. The molecule has 0 spiro atoms. The van der Waals surface area contributed by atoms with Gasteiger partial charge in [0, 0.05) is 43.9 Å². The molecule has 0 radical (unpaired) electrons. The standard InChI is InChI=1S/C18H20N4O2/c1-22-10-2-3-14-11-15(4-5-16(14)22)21-18(24)17(23)20-12-13-6-8-19-9-7-13/h4-9,11H,2-3,10,12H2,1H3,(H,20,23)(H,21,24). The Bertz CT molecular complexity index is 746. The first-order chi connectivity index (χ1) is 11.6. The lowest BCUT2D eigenvalue weighted by atomic mass is 10.0. The summed E-state index contributed by atoms with van der Waals surface area (Å²) in [6.45, 7) is 1.33. The van der Waals surface area contributed by atoms with E-state index in [-0.39, 0.29) is 0 Å². The second-order valence-corrected chi connectivity index (χ2v) is 5.86. The van der Waals surface area contributed by atoms with Crippen LogP contribution in [-0.2, 0) is 22.6 Å². The zero-order valence-corrected chi connectivity index (χ0v) is 13.6. The molecule has 1 aliphatic heterocycles. The van der Waals surface area contributed by atoms with Crippen molar-refractivity contribution in [2.75, 3.05) is 23.8 Å². The third-order valence-electron chi connectivity index (χ3n) is 4.10. The molecule has 1 aromatic carbocycles. The summed E-state index contributed by atoms with van der Waals surface area (Å²) in [7, 11) is 2.06. The zero-order valence-electron chi connectivity index (χ0n) is 13.6. The Labute approximate surface area is 140 Å². The maximum Gasteiger partial charge on any atom is 0.313 e. The molecule has 0 aliphatic carbocycles. The van der Waals surface area contributed by atoms with Crippen molar-refractivity contribution in [3.05, 3.63) is 53.9 Å². The summed E-state index contributed by atoms with van der Waals surface area (Å²) >= 11 is 0. The van der Waals surface area contributed by atoms with Crippen molar-refractivity contribution in [1.82, 2.24) is 10.3 Å². The average molecular weight is 324 g/mol. The minimum Gasteiger partial charge on any atom is -0.374 e. The quantitative estimate of drug-likeness (QED) is 0.843. The van der Waals surface area contributed by atoms with Crippen molar-refractivity contribution in [3.63, 3.8) is 0 Å². The fourth-order valence-electron chi connectivity index (χ4n) is 2.81. The minimum absolute atomic E-state index is 0.295. The van der Waals surface area contributed by atoms with E-state index in [0.29, 0.717) is 12.2 Å². The smallest absolute Gasteiger partial charge is 0.313 e. The highest BCUT2D eigenvalue weighted by molar-refractivity contribution is 6.39. The van der Waals surface area contributed by atoms with Gasteiger partial charge >= 0.3 is 11.8 Å². The van der Waals surface area contributed by atoms with Crippen LogP contribution in [0.5, 0.6) is 0 Å². The molecular formula is C18H20N4O2. The first kappa shape index (κ1) is 16.0. The molecule has 0 bridgehead atoms. The molecule has 6 heteroatoms. The summed E-state index contributed by atoms with van der Waals surface area (Å²) in [6.07, 6.45) is 5.36. The second kappa shape index (κ2) is 7.12. The molecule has 2 N–H and O–H groups in total. The van der Waals surface area contributed by atoms with Crippen molar-refractivity contribution < 1.29 is 9.59 Å². The number of amides is 2. The van der Waals surface area contributed by atoms with Gasteiger partial charge in [-0.3, -0.25) is 14.6 Å². The van der Waals surface area contributed by atoms with Gasteiger partial charge in [0.15, 0.2) is 0 Å². The molecule has 2 aromatic rings. The van der Waals surface area contributed by atoms with Crippen molar-refractivity contribution in [2.45, 2.75) is 19.4 Å². The maximum atomic E-state index is 12.0. The van der Waals surface area contributed by atoms with Crippen LogP contribution >= 0.6 is 0 Å². The van der Waals surface area contributed by atoms with E-state index in [2.05, 4.69) is 27.6 Å². The number of aromatic nitrogens is 1. The summed E-state index contributed by atoms with van der Waals surface area (Å²) in [5, 5.41) is 5.26. The largest absolute Gasteiger partial charge is 0.374 e. The number of carbonyl (C=O) groups excluding carboxylic acids is 2. The van der Waals surface area contributed by atoms with E-state index in [4.69, 9.17) is 0 Å². The molecule has 6 nitrogen and oxygen atoms in total. The average Bonchev–Trinajstić information content (AvgIpc) is 2.60. The number of nitrogens with zero attached hydrogens (tertiary/aromatic N) is 2. The number of fused-ring (bicyclic) bond motifs is 1. The Balaban J connectivity index is 1.59. The maximum absolute atomic E-state index is 12.0. The van der Waals surface area contributed by atoms with E-state index >= 15 is 0 Å². The highest BCUT2D eigenvalue weighted by atomic mass is 16.2. The number of anilines is 2. The van der Waals surface area contributed by atoms with Crippen molar-refractivity contribution in [1.29, 1.82) is 0 Å². The van der Waals surface area contributed by atoms with Gasteiger partial charge in [-0.05, 0) is 54.3 Å². The fourth-order valence-corrected chi connectivity index (χ4v) is 2.81. The molecule has 2 amide bonds. The third kappa shape index (κ3) is 3.71. The number of rotatable bonds is 3. The van der Waals surface area contributed by atoms with Crippen LogP contribution in [0.25, 0.3) is 0 Å². The van der Waals surface area contributed by atoms with Gasteiger partial charge in [0.2, 0.25) is 0 Å². The number of aryl methyl sites for hydroxylation is 1. The molecule has 0 fully saturated rings. The van der Waals surface area contributed by atoms with Crippen molar-refractivity contribution >= 4 is 23.2 Å². The van der Waals surface area contributed by atoms with Crippen LogP contribution in [0.3, 0.4) is 0 Å². The second-order valence-electron chi connectivity index (χ2n) is 5.86. The predicted octanol–water partition coefficient (Wildman–Crippen LogP) is 1.72. The molecule has 0 atom stereocenters. The SMILES string of the molecule is CN1CCCc2cc(NC(=O)C(=O)NCc3ccncc3)ccc21. The normalized spacial score (nSPS) is 13.1. The topological polar surface area (TPSA) is 74.3 Å². The van der Waals surface area contributed by atoms with Gasteiger partial charge in [-0.15, -0.1) is 0 Å². The van der Waals surface area contributed by atoms with Gasteiger partial charge in [-0.2, -0.15) is 0 Å². The van der Waals surface area contributed by atoms with E-state index in [1.807, 2.05) is 18.2 Å². The van der Waals surface area contributed by atoms with Crippen LogP contribution in [0.4, 0.5) is 11.4 Å². The third-order valence-corrected chi connectivity index (χ3v) is 4.10. The number of hydrogen-bond donors (Lipinski definition) is 2. The summed E-state index contributed by atoms with van der Waals surface area (Å²) < 4.78 is 0. The van der Waals surface area contributed by atoms with Gasteiger partial charge in [-0.1, -0.05) is 0 Å². The van der Waals surface area contributed by atoms with E-state index in [0.717, 1.165) is 24.9 Å². The van der Waals surface area contributed by atoms with E-state index < -0.39 is 11.8 Å². The van der Waals surface area contributed by atoms with Gasteiger partial charge in [-0.25, -0.2) is 0 Å². The predicted molar refractivity (Wildman–Crippen MR) is 92.7 cm³/mol. The number of hydrogen-bond acceptors (Lipinski definition) is 4. The Kier molecular flexibility index (Phi) is 4.74. The van der Waals surface area contributed by atoms with Gasteiger partial charge in [0.1, 0.15) is 0 Å². The molecule has 1 aromatic heterocycles. The highest BCUT2D eigenvalue weighted by Gasteiger charge is 2.17. The summed E-state index contributed by atoms with van der Waals surface area (Å²) in [4.78, 5) is 30.0. The number of carbonyl (C=O) groups is 2. The molecule has 24 heavy (non-hydrogen) atoms. The fraction of sp³-hybridized carbons (Fsp3) is 0.278. The Morgan fingerprint density at radius 1 is 1.17 bits per heavy atom. The lowest BCUT2D eigenvalue weighted by Crippen LogP contribution is -2.35. The molecule has 2 heterocycles. The molecule has 0 saturated carbocycles. The van der Waals surface area contributed by atoms with Crippen LogP contribution in [0.2, 0.25) is 0 Å². The number of nitrogens with one attached hydrogen (secondary N) is 2. The number of benzene rings is 1. The highest BCUT2D eigenvalue weighted by Crippen LogP contribution is 2.28. The molecule has 0 unspecified atom stereocenters. The lowest BCUT2D eigenvalue weighted by molar-refractivity contribution is -0.136. The van der Waals surface area contributed by atoms with Crippen LogP contribution in [0, 0.1) is 0 Å². The van der Waals surface area contributed by atoms with E-state index in [9.17, 15) is 9.59 Å². The van der Waals surface area contributed by atoms with Crippen LogP contribution in [-0.4, -0.2) is 30.4 Å². The first-order valence-electron chi connectivity index (χ1n) is 7.95. The molecule has 1 aliphatic rings. The van der Waals surface area contributed by atoms with Crippen LogP contribution in [0.1, 0.15) is 17.5 Å². The monoisotopic (exact) mass is 324 g/mol. The van der Waals surface area contributed by atoms with Crippen LogP contribution < -0.4 is 15.5 Å². The van der Waals surface area contributed by atoms with Crippen LogP contribution in [0.15, 0.2) is 42.7 Å². The molecular weight excluding hydrogens is 304 g/mol. The van der Waals surface area contributed by atoms with E-state index in [1.165, 1.54) is 11.3 Å². The zero-order chi connectivity index (χ0) is 16.9. The summed E-state index contributed by atoms with van der Waals surface area (Å²) in [5.74, 6) is -1.31. The Morgan fingerprint density at radius 2 is 1.96 bits per heavy atom. The molecule has 0 saturated heterocycles. The molecule has 3 rings (SSSR count). The Hall–Kier alpha value is -2.89. The van der Waals surface area contributed by atoms with Crippen molar-refractivity contribution in [2.24, 2.45) is 0 Å². The minimum atomic E-state index is -0.659. The number of pyridine rings is 1.